The number of thioether (sulfide) groups is 1. The average molecular weight is 255 g/mol. The van der Waals surface area contributed by atoms with Gasteiger partial charge in [0, 0.05) is 17.7 Å². The summed E-state index contributed by atoms with van der Waals surface area (Å²) in [7, 11) is 1.55. The third-order valence-corrected chi connectivity index (χ3v) is 3.68. The molecule has 5 nitrogen and oxygen atoms in total. The number of ether oxygens (including phenoxy) is 1. The van der Waals surface area contributed by atoms with Crippen LogP contribution in [-0.2, 0) is 9.53 Å². The van der Waals surface area contributed by atoms with Crippen molar-refractivity contribution in [2.45, 2.75) is 17.1 Å². The molecule has 1 unspecified atom stereocenters. The molecule has 0 aromatic heterocycles. The maximum Gasteiger partial charge on any atom is 0.249 e. The molecule has 0 spiro atoms. The molecule has 0 fully saturated rings. The van der Waals surface area contributed by atoms with Crippen LogP contribution in [0.3, 0.4) is 0 Å². The number of carbonyl (C=O) groups excluding carboxylic acids is 1. The molecule has 1 atom stereocenters. The van der Waals surface area contributed by atoms with Crippen molar-refractivity contribution in [1.82, 2.24) is 5.43 Å². The van der Waals surface area contributed by atoms with Crippen molar-refractivity contribution in [2.75, 3.05) is 19.5 Å². The Morgan fingerprint density at radius 1 is 1.59 bits per heavy atom. The van der Waals surface area contributed by atoms with Gasteiger partial charge in [0.15, 0.2) is 0 Å². The summed E-state index contributed by atoms with van der Waals surface area (Å²) in [5.41, 5.74) is 9.61. The molecule has 1 aromatic rings. The second-order valence-electron chi connectivity index (χ2n) is 3.54. The second kappa shape index (κ2) is 6.48. The Morgan fingerprint density at radius 3 is 2.88 bits per heavy atom. The smallest absolute Gasteiger partial charge is 0.249 e. The quantitative estimate of drug-likeness (QED) is 0.236. The van der Waals surface area contributed by atoms with Crippen LogP contribution in [0.2, 0.25) is 0 Å². The van der Waals surface area contributed by atoms with Gasteiger partial charge in [-0.1, -0.05) is 6.07 Å². The van der Waals surface area contributed by atoms with E-state index in [1.165, 1.54) is 11.8 Å². The third kappa shape index (κ3) is 3.62. The molecule has 1 amide bonds. The summed E-state index contributed by atoms with van der Waals surface area (Å²) in [6.07, 6.45) is 0. The highest BCUT2D eigenvalue weighted by atomic mass is 32.2. The SMILES string of the molecule is COCC(Sc1cccc(N)c1C)C(=O)NN. The van der Waals surface area contributed by atoms with Gasteiger partial charge in [0.1, 0.15) is 5.25 Å². The molecule has 0 aliphatic heterocycles. The number of amides is 1. The fourth-order valence-corrected chi connectivity index (χ4v) is 2.46. The minimum Gasteiger partial charge on any atom is -0.398 e. The summed E-state index contributed by atoms with van der Waals surface area (Å²) < 4.78 is 5.00. The summed E-state index contributed by atoms with van der Waals surface area (Å²) in [6.45, 7) is 2.21. The normalized spacial score (nSPS) is 12.2. The number of rotatable bonds is 5. The van der Waals surface area contributed by atoms with Crippen LogP contribution in [0.1, 0.15) is 5.56 Å². The van der Waals surface area contributed by atoms with Crippen molar-refractivity contribution in [2.24, 2.45) is 5.84 Å². The summed E-state index contributed by atoms with van der Waals surface area (Å²) in [4.78, 5) is 12.5. The molecule has 0 radical (unpaired) electrons. The van der Waals surface area contributed by atoms with E-state index in [-0.39, 0.29) is 11.2 Å². The molecule has 0 saturated carbocycles. The number of carbonyl (C=O) groups is 1. The number of nitrogens with two attached hydrogens (primary N) is 2. The highest BCUT2D eigenvalue weighted by molar-refractivity contribution is 8.00. The molecule has 1 aromatic carbocycles. The van der Waals surface area contributed by atoms with E-state index < -0.39 is 0 Å². The number of methoxy groups -OCH3 is 1. The van der Waals surface area contributed by atoms with Crippen LogP contribution in [0.4, 0.5) is 5.69 Å². The Bertz CT molecular complexity index is 398. The Balaban J connectivity index is 2.85. The topological polar surface area (TPSA) is 90.4 Å². The van der Waals surface area contributed by atoms with Crippen molar-refractivity contribution in [3.8, 4) is 0 Å². The van der Waals surface area contributed by atoms with Crippen molar-refractivity contribution in [3.63, 3.8) is 0 Å². The molecule has 0 aliphatic carbocycles. The summed E-state index contributed by atoms with van der Waals surface area (Å²) in [6, 6.07) is 5.60. The van der Waals surface area contributed by atoms with Gasteiger partial charge in [-0.25, -0.2) is 5.84 Å². The lowest BCUT2D eigenvalue weighted by Gasteiger charge is -2.15. The number of nitrogens with one attached hydrogen (secondary N) is 1. The van der Waals surface area contributed by atoms with E-state index in [2.05, 4.69) is 5.43 Å². The van der Waals surface area contributed by atoms with Gasteiger partial charge in [0.25, 0.3) is 0 Å². The number of anilines is 1. The van der Waals surface area contributed by atoms with Gasteiger partial charge in [-0.05, 0) is 24.6 Å². The first-order valence-corrected chi connectivity index (χ1v) is 5.99. The largest absolute Gasteiger partial charge is 0.398 e. The number of hydrazine groups is 1. The Morgan fingerprint density at radius 2 is 2.29 bits per heavy atom. The van der Waals surface area contributed by atoms with Crippen LogP contribution in [0, 0.1) is 6.92 Å². The van der Waals surface area contributed by atoms with Gasteiger partial charge in [0.05, 0.1) is 6.61 Å². The first kappa shape index (κ1) is 13.8. The Hall–Kier alpha value is -1.24. The van der Waals surface area contributed by atoms with Crippen LogP contribution in [-0.4, -0.2) is 24.9 Å². The number of nitrogen functional groups attached to an aromatic ring is 1. The van der Waals surface area contributed by atoms with E-state index in [1.54, 1.807) is 7.11 Å². The van der Waals surface area contributed by atoms with Gasteiger partial charge in [-0.15, -0.1) is 11.8 Å². The zero-order valence-corrected chi connectivity index (χ0v) is 10.7. The number of hydrogen-bond acceptors (Lipinski definition) is 5. The van der Waals surface area contributed by atoms with E-state index in [0.29, 0.717) is 12.3 Å². The van der Waals surface area contributed by atoms with E-state index in [9.17, 15) is 4.79 Å². The van der Waals surface area contributed by atoms with Gasteiger partial charge in [-0.3, -0.25) is 10.2 Å². The summed E-state index contributed by atoms with van der Waals surface area (Å²) in [5.74, 6) is 4.87. The molecule has 0 bridgehead atoms. The first-order valence-electron chi connectivity index (χ1n) is 5.11. The zero-order valence-electron chi connectivity index (χ0n) is 9.90. The van der Waals surface area contributed by atoms with Crippen LogP contribution in [0.25, 0.3) is 0 Å². The van der Waals surface area contributed by atoms with E-state index >= 15 is 0 Å². The molecular formula is C11H17N3O2S. The van der Waals surface area contributed by atoms with Crippen LogP contribution in [0.15, 0.2) is 23.1 Å². The van der Waals surface area contributed by atoms with Gasteiger partial charge in [0.2, 0.25) is 5.91 Å². The molecule has 94 valence electrons. The molecule has 17 heavy (non-hydrogen) atoms. The van der Waals surface area contributed by atoms with Crippen LogP contribution < -0.4 is 17.0 Å². The summed E-state index contributed by atoms with van der Waals surface area (Å²) >= 11 is 1.39. The monoisotopic (exact) mass is 255 g/mol. The van der Waals surface area contributed by atoms with Gasteiger partial charge >= 0.3 is 0 Å². The van der Waals surface area contributed by atoms with Crippen molar-refractivity contribution in [3.05, 3.63) is 23.8 Å². The fraction of sp³-hybridized carbons (Fsp3) is 0.364. The molecule has 0 saturated heterocycles. The average Bonchev–Trinajstić information content (AvgIpc) is 2.33. The molecule has 0 aliphatic rings. The second-order valence-corrected chi connectivity index (χ2v) is 4.79. The third-order valence-electron chi connectivity index (χ3n) is 2.35. The molecule has 0 heterocycles. The van der Waals surface area contributed by atoms with Crippen LogP contribution >= 0.6 is 11.8 Å². The lowest BCUT2D eigenvalue weighted by molar-refractivity contribution is -0.121. The van der Waals surface area contributed by atoms with Gasteiger partial charge in [-0.2, -0.15) is 0 Å². The number of benzene rings is 1. The molecule has 1 rings (SSSR count). The van der Waals surface area contributed by atoms with Crippen molar-refractivity contribution >= 4 is 23.4 Å². The fourth-order valence-electron chi connectivity index (χ4n) is 1.32. The van der Waals surface area contributed by atoms with Gasteiger partial charge < -0.3 is 10.5 Å². The zero-order chi connectivity index (χ0) is 12.8. The predicted octanol–water partition coefficient (Wildman–Crippen LogP) is 0.674. The first-order chi connectivity index (χ1) is 8.10. The van der Waals surface area contributed by atoms with E-state index in [1.807, 2.05) is 25.1 Å². The number of hydrogen-bond donors (Lipinski definition) is 3. The highest BCUT2D eigenvalue weighted by Crippen LogP contribution is 2.29. The Kier molecular flexibility index (Phi) is 5.27. The maximum absolute atomic E-state index is 11.5. The van der Waals surface area contributed by atoms with Crippen LogP contribution in [0.5, 0.6) is 0 Å². The lowest BCUT2D eigenvalue weighted by Crippen LogP contribution is -2.39. The maximum atomic E-state index is 11.5. The molecule has 5 N–H and O–H groups in total. The summed E-state index contributed by atoms with van der Waals surface area (Å²) in [5, 5.41) is -0.384. The van der Waals surface area contributed by atoms with E-state index in [0.717, 1.165) is 10.5 Å². The minimum atomic E-state index is -0.384. The van der Waals surface area contributed by atoms with Crippen molar-refractivity contribution < 1.29 is 9.53 Å². The minimum absolute atomic E-state index is 0.265. The molecular weight excluding hydrogens is 238 g/mol. The molecule has 6 heteroatoms. The lowest BCUT2D eigenvalue weighted by atomic mass is 10.2. The Labute approximate surface area is 105 Å². The van der Waals surface area contributed by atoms with Crippen molar-refractivity contribution in [1.29, 1.82) is 0 Å². The standard InChI is InChI=1S/C11H17N3O2S/c1-7-8(12)4-3-5-9(7)17-10(6-16-2)11(15)14-13/h3-5,10H,6,12-13H2,1-2H3,(H,14,15). The highest BCUT2D eigenvalue weighted by Gasteiger charge is 2.19. The predicted molar refractivity (Wildman–Crippen MR) is 69.4 cm³/mol. The van der Waals surface area contributed by atoms with E-state index in [4.69, 9.17) is 16.3 Å².